The normalized spacial score (nSPS) is 15.0. The Balaban J connectivity index is 2.27. The molecule has 2 heterocycles. The molecule has 0 atom stereocenters. The molecule has 19 heavy (non-hydrogen) atoms. The molecule has 0 saturated carbocycles. The summed E-state index contributed by atoms with van der Waals surface area (Å²) in [6.07, 6.45) is 0. The molecule has 5 nitrogen and oxygen atoms in total. The number of methoxy groups -OCH3 is 1. The van der Waals surface area contributed by atoms with Crippen molar-refractivity contribution >= 4 is 38.5 Å². The first kappa shape index (κ1) is 12.2. The summed E-state index contributed by atoms with van der Waals surface area (Å²) in [5, 5.41) is 4.45. The Morgan fingerprint density at radius 1 is 1.26 bits per heavy atom. The highest BCUT2D eigenvalue weighted by Gasteiger charge is 2.34. The molecule has 1 aromatic heterocycles. The number of ether oxygens (including phenoxy) is 1. The van der Waals surface area contributed by atoms with E-state index in [0.717, 1.165) is 11.3 Å². The van der Waals surface area contributed by atoms with Crippen molar-refractivity contribution in [3.63, 3.8) is 0 Å². The fourth-order valence-electron chi connectivity index (χ4n) is 1.96. The fraction of sp³-hybridized carbons (Fsp3) is 0.0833. The third-order valence-electron chi connectivity index (χ3n) is 2.85. The largest absolute Gasteiger partial charge is 0.465 e. The van der Waals surface area contributed by atoms with Crippen LogP contribution in [0.1, 0.15) is 9.67 Å². The summed E-state index contributed by atoms with van der Waals surface area (Å²) in [4.78, 5) is 12.2. The molecule has 1 aliphatic heterocycles. The number of nitrogens with one attached hydrogen (secondary N) is 1. The van der Waals surface area contributed by atoms with E-state index in [1.807, 2.05) is 0 Å². The second-order valence-corrected chi connectivity index (χ2v) is 6.69. The number of sulfone groups is 1. The Morgan fingerprint density at radius 3 is 2.74 bits per heavy atom. The van der Waals surface area contributed by atoms with Crippen LogP contribution in [-0.4, -0.2) is 21.5 Å². The number of fused-ring (bicyclic) bond motifs is 2. The van der Waals surface area contributed by atoms with Crippen LogP contribution in [-0.2, 0) is 14.6 Å². The van der Waals surface area contributed by atoms with Gasteiger partial charge in [0, 0.05) is 5.38 Å². The zero-order valence-corrected chi connectivity index (χ0v) is 11.5. The summed E-state index contributed by atoms with van der Waals surface area (Å²) in [5.41, 5.74) is 0.772. The Labute approximate surface area is 113 Å². The van der Waals surface area contributed by atoms with E-state index in [1.165, 1.54) is 18.6 Å². The molecule has 1 aliphatic rings. The van der Waals surface area contributed by atoms with Crippen molar-refractivity contribution in [2.45, 2.75) is 9.79 Å². The average Bonchev–Trinajstić information content (AvgIpc) is 2.83. The van der Waals surface area contributed by atoms with Gasteiger partial charge in [-0.3, -0.25) is 0 Å². The lowest BCUT2D eigenvalue weighted by atomic mass is 10.3. The number of benzene rings is 1. The molecule has 1 N–H and O–H groups in total. The molecule has 3 rings (SSSR count). The van der Waals surface area contributed by atoms with Crippen LogP contribution in [0, 0.1) is 0 Å². The number of para-hydroxylation sites is 1. The smallest absolute Gasteiger partial charge is 0.350 e. The topological polar surface area (TPSA) is 72.5 Å². The SMILES string of the molecule is COC(=O)c1scc2c1Nc1ccccc1S2(=O)=O. The van der Waals surface area contributed by atoms with E-state index in [9.17, 15) is 13.2 Å². The second kappa shape index (κ2) is 4.07. The van der Waals surface area contributed by atoms with Gasteiger partial charge in [0.05, 0.1) is 23.4 Å². The number of esters is 1. The van der Waals surface area contributed by atoms with Crippen molar-refractivity contribution in [2.75, 3.05) is 12.4 Å². The molecular formula is C12H9NO4S2. The van der Waals surface area contributed by atoms with Gasteiger partial charge < -0.3 is 10.1 Å². The van der Waals surface area contributed by atoms with E-state index >= 15 is 0 Å². The standard InChI is InChI=1S/C12H9NO4S2/c1-17-12(14)11-10-9(6-18-11)19(15,16)8-5-3-2-4-7(8)13-10/h2-6,13H,1H3. The molecule has 0 amide bonds. The zero-order chi connectivity index (χ0) is 13.6. The van der Waals surface area contributed by atoms with Crippen LogP contribution in [0.3, 0.4) is 0 Å². The number of carbonyl (C=O) groups excluding carboxylic acids is 1. The Bertz CT molecular complexity index is 777. The van der Waals surface area contributed by atoms with Gasteiger partial charge in [-0.05, 0) is 12.1 Å². The number of carbonyl (C=O) groups is 1. The van der Waals surface area contributed by atoms with Gasteiger partial charge in [0.25, 0.3) is 0 Å². The maximum absolute atomic E-state index is 12.4. The summed E-state index contributed by atoms with van der Waals surface area (Å²) >= 11 is 1.05. The van der Waals surface area contributed by atoms with Gasteiger partial charge in [-0.15, -0.1) is 11.3 Å². The van der Waals surface area contributed by atoms with Crippen molar-refractivity contribution < 1.29 is 17.9 Å². The summed E-state index contributed by atoms with van der Waals surface area (Å²) in [7, 11) is -2.32. The van der Waals surface area contributed by atoms with E-state index in [1.54, 1.807) is 18.2 Å². The minimum atomic E-state index is -3.58. The van der Waals surface area contributed by atoms with Gasteiger partial charge in [-0.2, -0.15) is 0 Å². The number of rotatable bonds is 1. The van der Waals surface area contributed by atoms with Crippen LogP contribution in [0.15, 0.2) is 39.4 Å². The number of hydrogen-bond donors (Lipinski definition) is 1. The Morgan fingerprint density at radius 2 is 2.00 bits per heavy atom. The highest BCUT2D eigenvalue weighted by Crippen LogP contribution is 2.43. The molecule has 0 saturated heterocycles. The highest BCUT2D eigenvalue weighted by atomic mass is 32.2. The molecule has 2 aromatic rings. The monoisotopic (exact) mass is 295 g/mol. The van der Waals surface area contributed by atoms with Gasteiger partial charge in [-0.1, -0.05) is 12.1 Å². The molecule has 0 unspecified atom stereocenters. The number of anilines is 2. The highest BCUT2D eigenvalue weighted by molar-refractivity contribution is 7.92. The van der Waals surface area contributed by atoms with Crippen LogP contribution >= 0.6 is 11.3 Å². The van der Waals surface area contributed by atoms with Crippen molar-refractivity contribution in [1.29, 1.82) is 0 Å². The molecule has 0 radical (unpaired) electrons. The quantitative estimate of drug-likeness (QED) is 0.698. The molecule has 0 bridgehead atoms. The molecule has 7 heteroatoms. The van der Waals surface area contributed by atoms with Crippen molar-refractivity contribution in [2.24, 2.45) is 0 Å². The first-order valence-corrected chi connectivity index (χ1v) is 7.73. The van der Waals surface area contributed by atoms with Crippen LogP contribution < -0.4 is 5.32 Å². The summed E-state index contributed by atoms with van der Waals surface area (Å²) in [5.74, 6) is -0.548. The van der Waals surface area contributed by atoms with E-state index in [0.29, 0.717) is 11.4 Å². The number of thiophene rings is 1. The molecule has 1 aromatic carbocycles. The Hall–Kier alpha value is -1.86. The fourth-order valence-corrected chi connectivity index (χ4v) is 4.80. The van der Waals surface area contributed by atoms with E-state index in [2.05, 4.69) is 10.1 Å². The molecule has 0 fully saturated rings. The van der Waals surface area contributed by atoms with E-state index < -0.39 is 15.8 Å². The predicted molar refractivity (Wildman–Crippen MR) is 70.8 cm³/mol. The first-order valence-electron chi connectivity index (χ1n) is 5.36. The van der Waals surface area contributed by atoms with Crippen molar-refractivity contribution in [1.82, 2.24) is 0 Å². The van der Waals surface area contributed by atoms with Crippen molar-refractivity contribution in [3.8, 4) is 0 Å². The first-order chi connectivity index (χ1) is 9.05. The van der Waals surface area contributed by atoms with Crippen LogP contribution in [0.5, 0.6) is 0 Å². The van der Waals surface area contributed by atoms with Crippen LogP contribution in [0.25, 0.3) is 0 Å². The summed E-state index contributed by atoms with van der Waals surface area (Å²) in [6, 6.07) is 6.60. The van der Waals surface area contributed by atoms with Gasteiger partial charge in [0.2, 0.25) is 9.84 Å². The van der Waals surface area contributed by atoms with E-state index in [-0.39, 0.29) is 14.7 Å². The summed E-state index contributed by atoms with van der Waals surface area (Å²) < 4.78 is 29.5. The second-order valence-electron chi connectivity index (χ2n) is 3.92. The number of hydrogen-bond acceptors (Lipinski definition) is 6. The van der Waals surface area contributed by atoms with Gasteiger partial charge in [-0.25, -0.2) is 13.2 Å². The maximum Gasteiger partial charge on any atom is 0.350 e. The van der Waals surface area contributed by atoms with Gasteiger partial charge in [0.1, 0.15) is 9.77 Å². The molecule has 0 aliphatic carbocycles. The van der Waals surface area contributed by atoms with Crippen LogP contribution in [0.4, 0.5) is 11.4 Å². The van der Waals surface area contributed by atoms with E-state index in [4.69, 9.17) is 0 Å². The van der Waals surface area contributed by atoms with Crippen LogP contribution in [0.2, 0.25) is 0 Å². The maximum atomic E-state index is 12.4. The van der Waals surface area contributed by atoms with Gasteiger partial charge >= 0.3 is 5.97 Å². The minimum absolute atomic E-state index is 0.122. The summed E-state index contributed by atoms with van der Waals surface area (Å²) in [6.45, 7) is 0. The molecule has 98 valence electrons. The molecule has 0 spiro atoms. The third-order valence-corrected chi connectivity index (χ3v) is 5.80. The minimum Gasteiger partial charge on any atom is -0.465 e. The average molecular weight is 295 g/mol. The third kappa shape index (κ3) is 1.66. The lowest BCUT2D eigenvalue weighted by Crippen LogP contribution is -2.14. The van der Waals surface area contributed by atoms with Gasteiger partial charge in [0.15, 0.2) is 0 Å². The Kier molecular flexibility index (Phi) is 2.61. The molecular weight excluding hydrogens is 286 g/mol. The lowest BCUT2D eigenvalue weighted by Gasteiger charge is -2.19. The van der Waals surface area contributed by atoms with Crippen molar-refractivity contribution in [3.05, 3.63) is 34.5 Å². The lowest BCUT2D eigenvalue weighted by molar-refractivity contribution is 0.0607. The predicted octanol–water partition coefficient (Wildman–Crippen LogP) is 2.42. The zero-order valence-electron chi connectivity index (χ0n) is 9.84.